The first-order valence-corrected chi connectivity index (χ1v) is 27.4. The van der Waals surface area contributed by atoms with Crippen LogP contribution in [0.15, 0.2) is 42.5 Å². The largest absolute Gasteiger partial charge is 0.435 e. The van der Waals surface area contributed by atoms with Crippen LogP contribution in [0.25, 0.3) is 22.0 Å². The van der Waals surface area contributed by atoms with E-state index in [1.54, 1.807) is 5.32 Å². The van der Waals surface area contributed by atoms with Crippen molar-refractivity contribution >= 4 is 73.5 Å². The molecule has 18 nitrogen and oxygen atoms in total. The van der Waals surface area contributed by atoms with Gasteiger partial charge in [0, 0.05) is 41.5 Å². The Morgan fingerprint density at radius 1 is 0.960 bits per heavy atom. The Hall–Kier alpha value is -6.12. The SMILES string of the molecule is CC(C)(C#Cc1ccc(-c2ccc(Cl)c3c(N(C(=O)C(=O)NCCP(=O)(O)O)S(C)(=O)=O)nn(CC(F)(F)F)c23)c([C@H](Cc2cc(F)cc(F)c2)NC(=O)Cn2nc(C(F)(F)F)c3c2C(F)(F)[C@@H]2C[C@H]32)n1)S(C)(=O)=O. The molecule has 404 valence electrons. The van der Waals surface area contributed by atoms with Crippen molar-refractivity contribution in [1.29, 1.82) is 0 Å². The van der Waals surface area contributed by atoms with Crippen LogP contribution in [0.4, 0.5) is 49.7 Å². The fraction of sp³-hybridized carbons (Fsp3) is 0.395. The van der Waals surface area contributed by atoms with Crippen LogP contribution in [0.2, 0.25) is 5.02 Å². The number of nitrogens with zero attached hydrogens (tertiary/aromatic N) is 6. The number of rotatable bonds is 14. The van der Waals surface area contributed by atoms with Crippen molar-refractivity contribution in [2.75, 3.05) is 29.5 Å². The molecule has 3 atom stereocenters. The van der Waals surface area contributed by atoms with Gasteiger partial charge in [0.05, 0.1) is 40.1 Å². The quantitative estimate of drug-likeness (QED) is 0.0440. The number of benzene rings is 2. The predicted molar refractivity (Wildman–Crippen MR) is 245 cm³/mol. The molecular weight excluding hydrogens is 1110 g/mol. The zero-order valence-electron chi connectivity index (χ0n) is 38.8. The van der Waals surface area contributed by atoms with Gasteiger partial charge in [-0.3, -0.25) is 28.3 Å². The lowest BCUT2D eigenvalue weighted by Gasteiger charge is -2.23. The number of halogens is 11. The number of sulfonamides is 1. The number of anilines is 1. The molecule has 0 bridgehead atoms. The topological polar surface area (TPSA) is 253 Å². The average molecular weight is 1150 g/mol. The van der Waals surface area contributed by atoms with E-state index in [4.69, 9.17) is 11.6 Å². The van der Waals surface area contributed by atoms with Gasteiger partial charge in [-0.1, -0.05) is 23.6 Å². The predicted octanol–water partition coefficient (Wildman–Crippen LogP) is 5.88. The summed E-state index contributed by atoms with van der Waals surface area (Å²) in [4.78, 5) is 63.6. The average Bonchev–Trinajstić information content (AvgIpc) is 3.76. The molecule has 0 spiro atoms. The second-order valence-corrected chi connectivity index (χ2v) is 24.6. The zero-order chi connectivity index (χ0) is 55.9. The molecule has 75 heavy (non-hydrogen) atoms. The van der Waals surface area contributed by atoms with Crippen molar-refractivity contribution < 1.29 is 89.5 Å². The van der Waals surface area contributed by atoms with E-state index in [2.05, 4.69) is 32.3 Å². The van der Waals surface area contributed by atoms with Gasteiger partial charge in [-0.15, -0.1) is 0 Å². The van der Waals surface area contributed by atoms with Crippen LogP contribution in [0.5, 0.6) is 0 Å². The van der Waals surface area contributed by atoms with Gasteiger partial charge in [0.1, 0.15) is 40.9 Å². The minimum Gasteiger partial charge on any atom is -0.347 e. The van der Waals surface area contributed by atoms with Gasteiger partial charge in [0.25, 0.3) is 5.92 Å². The molecule has 4 N–H and O–H groups in total. The van der Waals surface area contributed by atoms with Crippen molar-refractivity contribution in [3.05, 3.63) is 93.0 Å². The molecule has 32 heteroatoms. The molecule has 3 amide bonds. The maximum atomic E-state index is 15.6. The van der Waals surface area contributed by atoms with Crippen molar-refractivity contribution in [2.24, 2.45) is 5.92 Å². The minimum absolute atomic E-state index is 0.103. The summed E-state index contributed by atoms with van der Waals surface area (Å²) in [5.74, 6) is -10.6. The molecule has 3 heterocycles. The standard InChI is InChI=1S/C43H38ClF10N8O10PS2/c1-40(2,74(3,69)70)10-9-23-5-6-24(25-7-8-28(44)32-34(25)61(19-41(47,48)49)59-37(32)62(75(4,71)72)39(65)38(64)55-11-12-73(66,67)68)33(56-23)29(15-20-13-21(45)16-22(46)14-20)57-30(63)18-60-36-31(35(58-60)43(52,53)54)26-17-27(26)42(36,50)51/h5-8,13-14,16,26-27,29H,11-12,15,17-19H2,1-4H3,(H,55,64)(H,57,63)(H2,66,67,68)/t26-,27+,29-/m0/s1. The van der Waals surface area contributed by atoms with Crippen LogP contribution in [0.1, 0.15) is 66.1 Å². The first-order chi connectivity index (χ1) is 34.3. The Morgan fingerprint density at radius 2 is 1.59 bits per heavy atom. The summed E-state index contributed by atoms with van der Waals surface area (Å²) in [6.07, 6.45) is -11.5. The highest BCUT2D eigenvalue weighted by Gasteiger charge is 2.68. The smallest absolute Gasteiger partial charge is 0.347 e. The van der Waals surface area contributed by atoms with Crippen molar-refractivity contribution in [3.8, 4) is 23.0 Å². The van der Waals surface area contributed by atoms with Gasteiger partial charge in [0.15, 0.2) is 21.3 Å². The third-order valence-electron chi connectivity index (χ3n) is 11.9. The van der Waals surface area contributed by atoms with Crippen molar-refractivity contribution in [1.82, 2.24) is 35.2 Å². The van der Waals surface area contributed by atoms with Crippen LogP contribution in [0.3, 0.4) is 0 Å². The van der Waals surface area contributed by atoms with Crippen molar-refractivity contribution in [2.45, 2.75) is 74.8 Å². The molecule has 2 aliphatic carbocycles. The third-order valence-corrected chi connectivity index (χ3v) is 16.0. The molecule has 5 aromatic rings. The van der Waals surface area contributed by atoms with Crippen LogP contribution >= 0.6 is 19.2 Å². The Morgan fingerprint density at radius 3 is 2.16 bits per heavy atom. The number of alkyl halides is 8. The molecule has 0 saturated heterocycles. The summed E-state index contributed by atoms with van der Waals surface area (Å²) >= 11 is 6.55. The number of pyridine rings is 1. The molecule has 3 aromatic heterocycles. The lowest BCUT2D eigenvalue weighted by atomic mass is 9.93. The van der Waals surface area contributed by atoms with E-state index in [0.29, 0.717) is 12.3 Å². The van der Waals surface area contributed by atoms with E-state index in [1.807, 2.05) is 0 Å². The minimum atomic E-state index is -5.26. The third kappa shape index (κ3) is 12.0. The van der Waals surface area contributed by atoms with E-state index in [-0.39, 0.29) is 31.3 Å². The van der Waals surface area contributed by atoms with Gasteiger partial charge in [0.2, 0.25) is 15.9 Å². The molecule has 1 saturated carbocycles. The fourth-order valence-corrected chi connectivity index (χ4v) is 9.99. The molecule has 0 aliphatic heterocycles. The molecule has 7 rings (SSSR count). The highest BCUT2D eigenvalue weighted by atomic mass is 35.5. The Labute approximate surface area is 422 Å². The Bertz CT molecular complexity index is 3540. The molecule has 2 aliphatic rings. The first-order valence-electron chi connectivity index (χ1n) is 21.5. The van der Waals surface area contributed by atoms with E-state index in [9.17, 15) is 80.7 Å². The Balaban J connectivity index is 1.47. The maximum Gasteiger partial charge on any atom is 0.435 e. The monoisotopic (exact) mass is 1150 g/mol. The number of aromatic nitrogens is 5. The van der Waals surface area contributed by atoms with Crippen LogP contribution < -0.4 is 14.9 Å². The molecule has 1 fully saturated rings. The Kier molecular flexibility index (Phi) is 14.7. The molecular formula is C43H38ClF10N8O10PS2. The highest BCUT2D eigenvalue weighted by molar-refractivity contribution is 7.93. The second kappa shape index (κ2) is 19.5. The van der Waals surface area contributed by atoms with E-state index < -0.39 is 185 Å². The fourth-order valence-electron chi connectivity index (χ4n) is 8.29. The number of fused-ring (bicyclic) bond motifs is 4. The summed E-state index contributed by atoms with van der Waals surface area (Å²) in [6, 6.07) is 4.16. The highest BCUT2D eigenvalue weighted by Crippen LogP contribution is 2.68. The van der Waals surface area contributed by atoms with Crippen LogP contribution in [-0.4, -0.2) is 105 Å². The van der Waals surface area contributed by atoms with Gasteiger partial charge >= 0.3 is 31.8 Å². The van der Waals surface area contributed by atoms with E-state index in [0.717, 1.165) is 42.7 Å². The van der Waals surface area contributed by atoms with Gasteiger partial charge < -0.3 is 20.4 Å². The first kappa shape index (κ1) is 56.6. The number of sulfone groups is 1. The number of nitrogens with one attached hydrogen (secondary N) is 2. The summed E-state index contributed by atoms with van der Waals surface area (Å²) in [5.41, 5.74) is -6.64. The molecule has 0 unspecified atom stereocenters. The zero-order valence-corrected chi connectivity index (χ0v) is 42.1. The second-order valence-electron chi connectivity index (χ2n) is 18.0. The number of amides is 3. The number of carbonyl (C=O) groups is 3. The van der Waals surface area contributed by atoms with E-state index >= 15 is 8.78 Å². The lowest BCUT2D eigenvalue weighted by molar-refractivity contribution is -0.143. The van der Waals surface area contributed by atoms with E-state index in [1.165, 1.54) is 13.8 Å². The maximum absolute atomic E-state index is 15.6. The lowest BCUT2D eigenvalue weighted by Crippen LogP contribution is -2.46. The number of hydrogen-bond acceptors (Lipinski definition) is 11. The van der Waals surface area contributed by atoms with Gasteiger partial charge in [-0.2, -0.15) is 49.6 Å². The van der Waals surface area contributed by atoms with Gasteiger partial charge in [-0.05, 0) is 74.4 Å². The molecule has 2 aromatic carbocycles. The summed E-state index contributed by atoms with van der Waals surface area (Å²) in [6.45, 7) is -1.98. The van der Waals surface area contributed by atoms with Crippen molar-refractivity contribution in [3.63, 3.8) is 0 Å². The number of hydrogen-bond donors (Lipinski definition) is 4. The summed E-state index contributed by atoms with van der Waals surface area (Å²) in [5, 5.41) is 9.82. The normalized spacial score (nSPS) is 16.9. The van der Waals surface area contributed by atoms with Crippen LogP contribution in [-0.2, 0) is 70.4 Å². The van der Waals surface area contributed by atoms with Gasteiger partial charge in [-0.25, -0.2) is 30.6 Å². The van der Waals surface area contributed by atoms with Crippen LogP contribution in [0, 0.1) is 29.4 Å². The number of carbonyl (C=O) groups excluding carboxylic acids is 3. The summed E-state index contributed by atoms with van der Waals surface area (Å²) < 4.78 is 208. The summed E-state index contributed by atoms with van der Waals surface area (Å²) in [7, 11) is -13.9. The molecule has 0 radical (unpaired) electrons.